The second-order valence-corrected chi connectivity index (χ2v) is 10.6. The number of benzene rings is 1. The van der Waals surface area contributed by atoms with E-state index in [1.54, 1.807) is 32.6 Å². The molecule has 2 N–H and O–H groups in total. The largest absolute Gasteiger partial charge is 0.444 e. The second-order valence-electron chi connectivity index (χ2n) is 10.6. The Bertz CT molecular complexity index is 800. The molecule has 196 valence electrons. The van der Waals surface area contributed by atoms with Crippen LogP contribution in [0, 0.1) is 0 Å². The van der Waals surface area contributed by atoms with Gasteiger partial charge >= 0.3 is 6.09 Å². The number of hydrogen-bond donors (Lipinski definition) is 2. The fraction of sp³-hybridized carbons (Fsp3) is 0.679. The Morgan fingerprint density at radius 1 is 1.03 bits per heavy atom. The molecule has 0 aromatic heterocycles. The van der Waals surface area contributed by atoms with Gasteiger partial charge in [0.15, 0.2) is 0 Å². The Balaban J connectivity index is 2.28. The number of nitrogens with one attached hydrogen (secondary N) is 2. The number of unbranched alkanes of at least 4 members (excludes halogenated alkanes) is 3. The molecule has 1 saturated carbocycles. The zero-order valence-electron chi connectivity index (χ0n) is 22.3. The molecule has 1 aliphatic carbocycles. The van der Waals surface area contributed by atoms with Gasteiger partial charge in [-0.25, -0.2) is 4.79 Å². The second kappa shape index (κ2) is 14.1. The highest BCUT2D eigenvalue weighted by atomic mass is 16.6. The molecule has 7 heteroatoms. The van der Waals surface area contributed by atoms with Crippen LogP contribution in [0.2, 0.25) is 0 Å². The maximum atomic E-state index is 13.7. The molecule has 2 rings (SSSR count). The molecule has 0 aliphatic heterocycles. The van der Waals surface area contributed by atoms with Crippen LogP contribution in [-0.4, -0.2) is 47.0 Å². The quantitative estimate of drug-likeness (QED) is 0.404. The monoisotopic (exact) mass is 487 g/mol. The van der Waals surface area contributed by atoms with Gasteiger partial charge in [0, 0.05) is 12.6 Å². The first-order valence-electron chi connectivity index (χ1n) is 13.3. The van der Waals surface area contributed by atoms with Gasteiger partial charge < -0.3 is 20.3 Å². The van der Waals surface area contributed by atoms with Crippen LogP contribution in [0.5, 0.6) is 0 Å². The van der Waals surface area contributed by atoms with E-state index in [2.05, 4.69) is 17.6 Å². The van der Waals surface area contributed by atoms with Crippen LogP contribution in [-0.2, 0) is 14.3 Å². The van der Waals surface area contributed by atoms with Gasteiger partial charge in [0.25, 0.3) is 0 Å². The highest BCUT2D eigenvalue weighted by Crippen LogP contribution is 2.25. The van der Waals surface area contributed by atoms with Gasteiger partial charge in [-0.05, 0) is 52.5 Å². The summed E-state index contributed by atoms with van der Waals surface area (Å²) in [5, 5.41) is 5.88. The molecular formula is C28H45N3O4. The normalized spacial score (nSPS) is 16.1. The molecule has 0 radical (unpaired) electrons. The lowest BCUT2D eigenvalue weighted by atomic mass is 9.94. The molecule has 0 spiro atoms. The van der Waals surface area contributed by atoms with Gasteiger partial charge in [-0.2, -0.15) is 0 Å². The van der Waals surface area contributed by atoms with Gasteiger partial charge in [0.1, 0.15) is 17.7 Å². The van der Waals surface area contributed by atoms with Gasteiger partial charge in [0.05, 0.1) is 0 Å². The minimum absolute atomic E-state index is 0.136. The van der Waals surface area contributed by atoms with E-state index in [0.29, 0.717) is 6.54 Å². The van der Waals surface area contributed by atoms with Gasteiger partial charge in [-0.3, -0.25) is 9.59 Å². The van der Waals surface area contributed by atoms with Crippen molar-refractivity contribution < 1.29 is 19.1 Å². The molecular weight excluding hydrogens is 442 g/mol. The highest BCUT2D eigenvalue weighted by molar-refractivity contribution is 5.92. The van der Waals surface area contributed by atoms with Crippen molar-refractivity contribution in [1.82, 2.24) is 15.5 Å². The van der Waals surface area contributed by atoms with Gasteiger partial charge in [-0.15, -0.1) is 0 Å². The summed E-state index contributed by atoms with van der Waals surface area (Å²) in [4.78, 5) is 41.3. The summed E-state index contributed by atoms with van der Waals surface area (Å²) in [5.41, 5.74) is 0.105. The SMILES string of the molecule is CCCCCCN(C(=O)C(C)NC(=O)OC(C)(C)C)C(C(=O)NC1CCCCC1)c1ccccc1. The van der Waals surface area contributed by atoms with Crippen molar-refractivity contribution in [2.75, 3.05) is 6.54 Å². The Morgan fingerprint density at radius 3 is 2.29 bits per heavy atom. The summed E-state index contributed by atoms with van der Waals surface area (Å²) in [5.74, 6) is -0.448. The molecule has 0 saturated heterocycles. The molecule has 3 amide bonds. The zero-order chi connectivity index (χ0) is 25.8. The van der Waals surface area contributed by atoms with Crippen molar-refractivity contribution in [3.05, 3.63) is 35.9 Å². The van der Waals surface area contributed by atoms with E-state index in [4.69, 9.17) is 4.74 Å². The number of rotatable bonds is 11. The number of ether oxygens (including phenoxy) is 1. The molecule has 0 bridgehead atoms. The summed E-state index contributed by atoms with van der Waals surface area (Å²) >= 11 is 0. The minimum Gasteiger partial charge on any atom is -0.444 e. The molecule has 7 nitrogen and oxygen atoms in total. The number of hydrogen-bond acceptors (Lipinski definition) is 4. The summed E-state index contributed by atoms with van der Waals surface area (Å²) < 4.78 is 5.34. The molecule has 2 unspecified atom stereocenters. The fourth-order valence-corrected chi connectivity index (χ4v) is 4.51. The van der Waals surface area contributed by atoms with Gasteiger partial charge in [-0.1, -0.05) is 75.8 Å². The molecule has 1 aliphatic rings. The van der Waals surface area contributed by atoms with Crippen LogP contribution in [0.1, 0.15) is 104 Å². The van der Waals surface area contributed by atoms with E-state index in [0.717, 1.165) is 56.9 Å². The lowest BCUT2D eigenvalue weighted by Crippen LogP contribution is -2.53. The first-order valence-corrected chi connectivity index (χ1v) is 13.3. The van der Waals surface area contributed by atoms with Crippen molar-refractivity contribution in [1.29, 1.82) is 0 Å². The number of amides is 3. The van der Waals surface area contributed by atoms with Crippen molar-refractivity contribution in [2.24, 2.45) is 0 Å². The Morgan fingerprint density at radius 2 is 1.69 bits per heavy atom. The van der Waals surface area contributed by atoms with Crippen LogP contribution in [0.3, 0.4) is 0 Å². The molecule has 0 heterocycles. The summed E-state index contributed by atoms with van der Waals surface area (Å²) in [6, 6.07) is 8.01. The minimum atomic E-state index is -0.829. The molecule has 1 aromatic rings. The Hall–Kier alpha value is -2.57. The standard InChI is InChI=1S/C28H45N3O4/c1-6-7-8-15-20-31(26(33)21(2)29-27(34)35-28(3,4)5)24(22-16-11-9-12-17-22)25(32)30-23-18-13-10-14-19-23/h9,11-12,16-17,21,23-24H,6-8,10,13-15,18-20H2,1-5H3,(H,29,34)(H,30,32). The number of alkyl carbamates (subject to hydrolysis) is 1. The first-order chi connectivity index (χ1) is 16.6. The third-order valence-corrected chi connectivity index (χ3v) is 6.27. The lowest BCUT2D eigenvalue weighted by Gasteiger charge is -2.35. The predicted molar refractivity (Wildman–Crippen MR) is 139 cm³/mol. The van der Waals surface area contributed by atoms with Crippen molar-refractivity contribution in [3.8, 4) is 0 Å². The number of nitrogens with zero attached hydrogens (tertiary/aromatic N) is 1. The van der Waals surface area contributed by atoms with E-state index in [1.165, 1.54) is 6.42 Å². The van der Waals surface area contributed by atoms with Crippen LogP contribution < -0.4 is 10.6 Å². The van der Waals surface area contributed by atoms with E-state index in [1.807, 2.05) is 30.3 Å². The molecule has 1 aromatic carbocycles. The van der Waals surface area contributed by atoms with E-state index < -0.39 is 23.8 Å². The highest BCUT2D eigenvalue weighted by Gasteiger charge is 2.35. The van der Waals surface area contributed by atoms with Crippen molar-refractivity contribution in [2.45, 2.75) is 116 Å². The summed E-state index contributed by atoms with van der Waals surface area (Å²) in [7, 11) is 0. The Labute approximate surface area is 211 Å². The zero-order valence-corrected chi connectivity index (χ0v) is 22.3. The number of carbonyl (C=O) groups is 3. The third kappa shape index (κ3) is 9.90. The predicted octanol–water partition coefficient (Wildman–Crippen LogP) is 5.50. The van der Waals surface area contributed by atoms with Crippen molar-refractivity contribution in [3.63, 3.8) is 0 Å². The third-order valence-electron chi connectivity index (χ3n) is 6.27. The topological polar surface area (TPSA) is 87.7 Å². The average Bonchev–Trinajstić information content (AvgIpc) is 2.80. The summed E-state index contributed by atoms with van der Waals surface area (Å²) in [6.45, 7) is 9.56. The van der Waals surface area contributed by atoms with E-state index in [-0.39, 0.29) is 17.9 Å². The van der Waals surface area contributed by atoms with Crippen LogP contribution >= 0.6 is 0 Å². The van der Waals surface area contributed by atoms with Crippen molar-refractivity contribution >= 4 is 17.9 Å². The fourth-order valence-electron chi connectivity index (χ4n) is 4.51. The maximum absolute atomic E-state index is 13.7. The smallest absolute Gasteiger partial charge is 0.408 e. The molecule has 35 heavy (non-hydrogen) atoms. The summed E-state index contributed by atoms with van der Waals surface area (Å²) in [6.07, 6.45) is 8.61. The molecule has 1 fully saturated rings. The molecule has 2 atom stereocenters. The Kier molecular flexibility index (Phi) is 11.5. The van der Waals surface area contributed by atoms with Crippen LogP contribution in [0.25, 0.3) is 0 Å². The first kappa shape index (κ1) is 28.7. The maximum Gasteiger partial charge on any atom is 0.408 e. The van der Waals surface area contributed by atoms with Crippen LogP contribution in [0.4, 0.5) is 4.79 Å². The van der Waals surface area contributed by atoms with E-state index >= 15 is 0 Å². The lowest BCUT2D eigenvalue weighted by molar-refractivity contribution is -0.142. The number of carbonyl (C=O) groups excluding carboxylic acids is 3. The van der Waals surface area contributed by atoms with E-state index in [9.17, 15) is 14.4 Å². The van der Waals surface area contributed by atoms with Gasteiger partial charge in [0.2, 0.25) is 11.8 Å². The van der Waals surface area contributed by atoms with Crippen LogP contribution in [0.15, 0.2) is 30.3 Å². The average molecular weight is 488 g/mol.